The van der Waals surface area contributed by atoms with E-state index in [0.717, 1.165) is 12.8 Å². The van der Waals surface area contributed by atoms with E-state index in [0.29, 0.717) is 29.2 Å². The maximum Gasteiger partial charge on any atom is 0.255 e. The molecule has 1 aliphatic carbocycles. The van der Waals surface area contributed by atoms with Gasteiger partial charge in [0.05, 0.1) is 19.3 Å². The van der Waals surface area contributed by atoms with E-state index in [9.17, 15) is 9.59 Å². The Hall–Kier alpha value is -3.64. The Bertz CT molecular complexity index is 1110. The number of nitrogens with zero attached hydrogens (tertiary/aromatic N) is 1. The summed E-state index contributed by atoms with van der Waals surface area (Å²) < 4.78 is 5.27. The molecule has 164 valence electrons. The van der Waals surface area contributed by atoms with Crippen LogP contribution >= 0.6 is 0 Å². The van der Waals surface area contributed by atoms with Gasteiger partial charge in [-0.1, -0.05) is 36.4 Å². The number of amides is 2. The molecule has 0 saturated heterocycles. The largest absolute Gasteiger partial charge is 0.495 e. The van der Waals surface area contributed by atoms with Crippen molar-refractivity contribution in [2.45, 2.75) is 18.9 Å². The topological polar surface area (TPSA) is 70.7 Å². The second-order valence-electron chi connectivity index (χ2n) is 7.95. The molecule has 0 spiro atoms. The van der Waals surface area contributed by atoms with Gasteiger partial charge in [0.25, 0.3) is 5.91 Å². The van der Waals surface area contributed by atoms with Gasteiger partial charge in [0.15, 0.2) is 0 Å². The van der Waals surface area contributed by atoms with Crippen LogP contribution in [0, 0.1) is 0 Å². The number of hydrogen-bond acceptors (Lipinski definition) is 4. The lowest BCUT2D eigenvalue weighted by Gasteiger charge is -2.24. The third kappa shape index (κ3) is 4.81. The molecule has 0 aromatic heterocycles. The molecule has 6 heteroatoms. The summed E-state index contributed by atoms with van der Waals surface area (Å²) in [5.74, 6) is 0.272. The van der Waals surface area contributed by atoms with Crippen molar-refractivity contribution in [1.82, 2.24) is 4.90 Å². The summed E-state index contributed by atoms with van der Waals surface area (Å²) in [6, 6.07) is 22.8. The Kier molecular flexibility index (Phi) is 6.52. The standard InChI is InChI=1S/C26H27N3O3/c1-29(23-16-13-18-7-3-4-8-21(18)23)17-25(30)27-20-14-11-19(12-15-20)26(31)28-22-9-5-6-10-24(22)32-2/h3-12,14-15,23H,13,16-17H2,1-2H3,(H,27,30)(H,28,31). The maximum atomic E-state index is 12.6. The second kappa shape index (κ2) is 9.66. The SMILES string of the molecule is COc1ccccc1NC(=O)c1ccc(NC(=O)CN(C)C2CCc3ccccc32)cc1. The number of aryl methyl sites for hydroxylation is 1. The molecule has 0 bridgehead atoms. The van der Waals surface area contributed by atoms with Crippen LogP contribution < -0.4 is 15.4 Å². The van der Waals surface area contributed by atoms with Crippen LogP contribution in [0.1, 0.15) is 33.9 Å². The first-order chi connectivity index (χ1) is 15.5. The van der Waals surface area contributed by atoms with Gasteiger partial charge in [-0.25, -0.2) is 0 Å². The van der Waals surface area contributed by atoms with Crippen molar-refractivity contribution in [3.63, 3.8) is 0 Å². The van der Waals surface area contributed by atoms with Crippen LogP contribution in [0.15, 0.2) is 72.8 Å². The Labute approximate surface area is 188 Å². The van der Waals surface area contributed by atoms with E-state index in [1.807, 2.05) is 19.2 Å². The number of anilines is 2. The molecule has 4 rings (SSSR count). The molecule has 0 saturated carbocycles. The Morgan fingerprint density at radius 1 is 0.969 bits per heavy atom. The van der Waals surface area contributed by atoms with E-state index in [2.05, 4.69) is 39.8 Å². The molecule has 0 radical (unpaired) electrons. The van der Waals surface area contributed by atoms with Crippen molar-refractivity contribution < 1.29 is 14.3 Å². The first-order valence-electron chi connectivity index (χ1n) is 10.7. The number of rotatable bonds is 7. The van der Waals surface area contributed by atoms with Gasteiger partial charge in [-0.2, -0.15) is 0 Å². The lowest BCUT2D eigenvalue weighted by molar-refractivity contribution is -0.117. The Morgan fingerprint density at radius 3 is 2.47 bits per heavy atom. The zero-order valence-electron chi connectivity index (χ0n) is 18.3. The van der Waals surface area contributed by atoms with Gasteiger partial charge in [0, 0.05) is 17.3 Å². The molecule has 2 amide bonds. The lowest BCUT2D eigenvalue weighted by Crippen LogP contribution is -2.32. The summed E-state index contributed by atoms with van der Waals surface area (Å²) in [7, 11) is 3.54. The fraction of sp³-hybridized carbons (Fsp3) is 0.231. The third-order valence-corrected chi connectivity index (χ3v) is 5.81. The van der Waals surface area contributed by atoms with Gasteiger partial charge in [-0.15, -0.1) is 0 Å². The lowest BCUT2D eigenvalue weighted by atomic mass is 10.1. The first-order valence-corrected chi connectivity index (χ1v) is 10.7. The molecule has 32 heavy (non-hydrogen) atoms. The minimum Gasteiger partial charge on any atom is -0.495 e. The Morgan fingerprint density at radius 2 is 1.69 bits per heavy atom. The number of carbonyl (C=O) groups is 2. The minimum absolute atomic E-state index is 0.0805. The smallest absolute Gasteiger partial charge is 0.255 e. The fourth-order valence-electron chi connectivity index (χ4n) is 4.18. The van der Waals surface area contributed by atoms with Crippen LogP contribution in [-0.2, 0) is 11.2 Å². The van der Waals surface area contributed by atoms with Gasteiger partial charge in [-0.3, -0.25) is 14.5 Å². The zero-order chi connectivity index (χ0) is 22.5. The fourth-order valence-corrected chi connectivity index (χ4v) is 4.18. The van der Waals surface area contributed by atoms with Crippen molar-refractivity contribution in [2.75, 3.05) is 31.3 Å². The molecule has 6 nitrogen and oxygen atoms in total. The highest BCUT2D eigenvalue weighted by atomic mass is 16.5. The molecule has 2 N–H and O–H groups in total. The van der Waals surface area contributed by atoms with Crippen LogP contribution in [0.2, 0.25) is 0 Å². The summed E-state index contributed by atoms with van der Waals surface area (Å²) in [6.07, 6.45) is 2.07. The minimum atomic E-state index is -0.244. The van der Waals surface area contributed by atoms with E-state index in [1.54, 1.807) is 43.5 Å². The number of ether oxygens (including phenoxy) is 1. The quantitative estimate of drug-likeness (QED) is 0.580. The molecule has 1 atom stereocenters. The number of hydrogen-bond donors (Lipinski definition) is 2. The van der Waals surface area contributed by atoms with Gasteiger partial charge in [0.1, 0.15) is 5.75 Å². The highest BCUT2D eigenvalue weighted by Gasteiger charge is 2.26. The van der Waals surface area contributed by atoms with E-state index >= 15 is 0 Å². The van der Waals surface area contributed by atoms with Gasteiger partial charge >= 0.3 is 0 Å². The van der Waals surface area contributed by atoms with Crippen molar-refractivity contribution >= 4 is 23.2 Å². The number of nitrogens with one attached hydrogen (secondary N) is 2. The van der Waals surface area contributed by atoms with Crippen molar-refractivity contribution in [1.29, 1.82) is 0 Å². The van der Waals surface area contributed by atoms with E-state index in [1.165, 1.54) is 11.1 Å². The van der Waals surface area contributed by atoms with Crippen molar-refractivity contribution in [2.24, 2.45) is 0 Å². The Balaban J connectivity index is 1.33. The predicted octanol–water partition coefficient (Wildman–Crippen LogP) is 4.51. The number of carbonyl (C=O) groups excluding carboxylic acids is 2. The van der Waals surface area contributed by atoms with Gasteiger partial charge < -0.3 is 15.4 Å². The van der Waals surface area contributed by atoms with E-state index < -0.39 is 0 Å². The highest BCUT2D eigenvalue weighted by molar-refractivity contribution is 6.05. The number of fused-ring (bicyclic) bond motifs is 1. The number of likely N-dealkylation sites (N-methyl/N-ethyl adjacent to an activating group) is 1. The molecule has 0 aliphatic heterocycles. The summed E-state index contributed by atoms with van der Waals surface area (Å²) in [4.78, 5) is 27.2. The van der Waals surface area contributed by atoms with Crippen LogP contribution in [0.5, 0.6) is 5.75 Å². The van der Waals surface area contributed by atoms with Crippen LogP contribution in [-0.4, -0.2) is 37.4 Å². The molecule has 1 aliphatic rings. The van der Waals surface area contributed by atoms with E-state index in [4.69, 9.17) is 4.74 Å². The number of para-hydroxylation sites is 2. The maximum absolute atomic E-state index is 12.6. The van der Waals surface area contributed by atoms with Crippen molar-refractivity contribution in [3.05, 3.63) is 89.5 Å². The molecule has 0 fully saturated rings. The average Bonchev–Trinajstić information content (AvgIpc) is 3.24. The summed E-state index contributed by atoms with van der Waals surface area (Å²) in [5, 5.41) is 5.77. The number of methoxy groups -OCH3 is 1. The monoisotopic (exact) mass is 429 g/mol. The molecular formula is C26H27N3O3. The molecule has 1 unspecified atom stereocenters. The zero-order valence-corrected chi connectivity index (χ0v) is 18.3. The molecule has 0 heterocycles. The average molecular weight is 430 g/mol. The predicted molar refractivity (Wildman–Crippen MR) is 126 cm³/mol. The normalized spacial score (nSPS) is 14.7. The van der Waals surface area contributed by atoms with Crippen LogP contribution in [0.4, 0.5) is 11.4 Å². The van der Waals surface area contributed by atoms with Crippen LogP contribution in [0.3, 0.4) is 0 Å². The highest BCUT2D eigenvalue weighted by Crippen LogP contribution is 2.34. The molecule has 3 aromatic carbocycles. The van der Waals surface area contributed by atoms with E-state index in [-0.39, 0.29) is 17.9 Å². The van der Waals surface area contributed by atoms with Crippen molar-refractivity contribution in [3.8, 4) is 5.75 Å². The van der Waals surface area contributed by atoms with Crippen LogP contribution in [0.25, 0.3) is 0 Å². The summed E-state index contributed by atoms with van der Waals surface area (Å²) >= 11 is 0. The number of benzene rings is 3. The molecule has 3 aromatic rings. The first kappa shape index (κ1) is 21.6. The summed E-state index contributed by atoms with van der Waals surface area (Å²) in [6.45, 7) is 0.301. The second-order valence-corrected chi connectivity index (χ2v) is 7.95. The summed E-state index contributed by atoms with van der Waals surface area (Å²) in [5.41, 5.74) is 4.44. The van der Waals surface area contributed by atoms with Gasteiger partial charge in [-0.05, 0) is 67.4 Å². The molecular weight excluding hydrogens is 402 g/mol. The third-order valence-electron chi connectivity index (χ3n) is 5.81. The van der Waals surface area contributed by atoms with Gasteiger partial charge in [0.2, 0.25) is 5.91 Å².